The number of hydrogen-bond donors (Lipinski definition) is 3. The average Bonchev–Trinajstić information content (AvgIpc) is 3.05. The molecule has 1 aliphatic heterocycles. The number of rotatable bonds is 5. The van der Waals surface area contributed by atoms with Crippen molar-refractivity contribution in [1.29, 1.82) is 0 Å². The van der Waals surface area contributed by atoms with Gasteiger partial charge in [0.2, 0.25) is 0 Å². The van der Waals surface area contributed by atoms with Crippen molar-refractivity contribution in [1.82, 2.24) is 25.0 Å². The van der Waals surface area contributed by atoms with Crippen LogP contribution in [-0.4, -0.2) is 55.7 Å². The topological polar surface area (TPSA) is 116 Å². The van der Waals surface area contributed by atoms with E-state index < -0.39 is 13.4 Å². The van der Waals surface area contributed by atoms with Crippen molar-refractivity contribution in [2.24, 2.45) is 0 Å². The van der Waals surface area contributed by atoms with Crippen LogP contribution in [0.5, 0.6) is 0 Å². The molecule has 3 aromatic rings. The Morgan fingerprint density at radius 3 is 3.07 bits per heavy atom. The fourth-order valence-corrected chi connectivity index (χ4v) is 4.04. The maximum Gasteiger partial charge on any atom is 0.341 e. The number of nitrogens with one attached hydrogen (secondary N) is 2. The highest BCUT2D eigenvalue weighted by Gasteiger charge is 2.26. The Balaban J connectivity index is 1.57. The first-order valence-electron chi connectivity index (χ1n) is 8.95. The number of hydrogen-bond acceptors (Lipinski definition) is 7. The summed E-state index contributed by atoms with van der Waals surface area (Å²) < 4.78 is 30.9. The predicted octanol–water partition coefficient (Wildman–Crippen LogP) is 3.44. The molecule has 4 rings (SSSR count). The van der Waals surface area contributed by atoms with Crippen LogP contribution < -0.4 is 5.32 Å². The minimum Gasteiger partial charge on any atom is -0.363 e. The third-order valence-electron chi connectivity index (χ3n) is 4.47. The standard InChI is InChI=1S/C17H19ClFN6O3P/c1-29(26,27)28-25-4-2-3-11(9-25)23-17-14(19)8-22-16(24-17)13-7-21-15-12(13)5-10(18)6-20-15/h5-8,11H,2-4,9H2,1H3,(H,20,21)(H,26,27)(H,22,23,24)/t11-/m0/s1. The van der Waals surface area contributed by atoms with Gasteiger partial charge in [-0.2, -0.15) is 5.06 Å². The quantitative estimate of drug-likeness (QED) is 0.517. The molecular formula is C17H19ClFN6O3P. The van der Waals surface area contributed by atoms with Crippen molar-refractivity contribution in [2.75, 3.05) is 25.1 Å². The highest BCUT2D eigenvalue weighted by Crippen LogP contribution is 2.38. The normalized spacial score (nSPS) is 19.9. The van der Waals surface area contributed by atoms with Gasteiger partial charge in [-0.15, -0.1) is 0 Å². The van der Waals surface area contributed by atoms with E-state index in [0.29, 0.717) is 35.1 Å². The first-order valence-corrected chi connectivity index (χ1v) is 11.4. The van der Waals surface area contributed by atoms with Crippen LogP contribution in [0.3, 0.4) is 0 Å². The number of fused-ring (bicyclic) bond motifs is 1. The van der Waals surface area contributed by atoms with Crippen LogP contribution in [0.25, 0.3) is 22.4 Å². The number of aromatic amines is 1. The summed E-state index contributed by atoms with van der Waals surface area (Å²) in [4.78, 5) is 25.1. The Kier molecular flexibility index (Phi) is 5.54. The molecule has 4 heterocycles. The monoisotopic (exact) mass is 440 g/mol. The first-order chi connectivity index (χ1) is 13.8. The van der Waals surface area contributed by atoms with Gasteiger partial charge < -0.3 is 15.2 Å². The Morgan fingerprint density at radius 1 is 1.45 bits per heavy atom. The summed E-state index contributed by atoms with van der Waals surface area (Å²) in [6, 6.07) is 1.54. The van der Waals surface area contributed by atoms with Crippen molar-refractivity contribution < 1.29 is 18.5 Å². The van der Waals surface area contributed by atoms with Crippen molar-refractivity contribution in [3.8, 4) is 11.4 Å². The lowest BCUT2D eigenvalue weighted by Gasteiger charge is -2.32. The van der Waals surface area contributed by atoms with Gasteiger partial charge in [-0.1, -0.05) is 11.6 Å². The number of H-pyrrole nitrogens is 1. The fourth-order valence-electron chi connectivity index (χ4n) is 3.30. The minimum absolute atomic E-state index is 0.0508. The molecule has 0 aromatic carbocycles. The van der Waals surface area contributed by atoms with Gasteiger partial charge in [0.1, 0.15) is 5.65 Å². The van der Waals surface area contributed by atoms with Gasteiger partial charge in [-0.3, -0.25) is 4.57 Å². The fraction of sp³-hybridized carbons (Fsp3) is 0.353. The zero-order chi connectivity index (χ0) is 20.6. The molecule has 0 amide bonds. The molecule has 9 nitrogen and oxygen atoms in total. The number of halogens is 2. The van der Waals surface area contributed by atoms with Gasteiger partial charge in [0.05, 0.1) is 11.2 Å². The highest BCUT2D eigenvalue weighted by molar-refractivity contribution is 7.51. The summed E-state index contributed by atoms with van der Waals surface area (Å²) in [6.07, 6.45) is 5.80. The van der Waals surface area contributed by atoms with Gasteiger partial charge in [0.15, 0.2) is 17.5 Å². The lowest BCUT2D eigenvalue weighted by atomic mass is 10.1. The Morgan fingerprint density at radius 2 is 2.28 bits per heavy atom. The molecule has 1 aliphatic rings. The van der Waals surface area contributed by atoms with E-state index in [1.165, 1.54) is 11.3 Å². The summed E-state index contributed by atoms with van der Waals surface area (Å²) in [7, 11) is -3.64. The lowest BCUT2D eigenvalue weighted by Crippen LogP contribution is -2.41. The molecule has 1 unspecified atom stereocenters. The molecule has 0 bridgehead atoms. The molecule has 2 atom stereocenters. The molecule has 0 radical (unpaired) electrons. The lowest BCUT2D eigenvalue weighted by molar-refractivity contribution is -0.0815. The molecule has 29 heavy (non-hydrogen) atoms. The van der Waals surface area contributed by atoms with Gasteiger partial charge in [0, 0.05) is 49.1 Å². The van der Waals surface area contributed by atoms with Gasteiger partial charge >= 0.3 is 7.60 Å². The van der Waals surface area contributed by atoms with Crippen LogP contribution >= 0.6 is 19.2 Å². The molecule has 1 saturated heterocycles. The molecule has 0 spiro atoms. The summed E-state index contributed by atoms with van der Waals surface area (Å²) in [6.45, 7) is 1.98. The van der Waals surface area contributed by atoms with E-state index in [2.05, 4.69) is 25.3 Å². The van der Waals surface area contributed by atoms with E-state index in [1.807, 2.05) is 0 Å². The number of aromatic nitrogens is 4. The summed E-state index contributed by atoms with van der Waals surface area (Å²) >= 11 is 6.04. The van der Waals surface area contributed by atoms with Crippen LogP contribution in [0.1, 0.15) is 12.8 Å². The molecule has 0 saturated carbocycles. The van der Waals surface area contributed by atoms with Crippen LogP contribution in [0.15, 0.2) is 24.7 Å². The van der Waals surface area contributed by atoms with Crippen molar-refractivity contribution in [2.45, 2.75) is 18.9 Å². The van der Waals surface area contributed by atoms with Crippen molar-refractivity contribution in [3.05, 3.63) is 35.5 Å². The van der Waals surface area contributed by atoms with E-state index in [0.717, 1.165) is 31.1 Å². The van der Waals surface area contributed by atoms with E-state index >= 15 is 0 Å². The van der Waals surface area contributed by atoms with Gasteiger partial charge in [0.25, 0.3) is 0 Å². The van der Waals surface area contributed by atoms with Gasteiger partial charge in [-0.25, -0.2) is 24.0 Å². The summed E-state index contributed by atoms with van der Waals surface area (Å²) in [5, 5.41) is 5.68. The largest absolute Gasteiger partial charge is 0.363 e. The van der Waals surface area contributed by atoms with E-state index in [9.17, 15) is 13.8 Å². The second kappa shape index (κ2) is 7.97. The third kappa shape index (κ3) is 4.73. The smallest absolute Gasteiger partial charge is 0.341 e. The number of anilines is 1. The predicted molar refractivity (Wildman–Crippen MR) is 107 cm³/mol. The summed E-state index contributed by atoms with van der Waals surface area (Å²) in [5.41, 5.74) is 1.28. The third-order valence-corrected chi connectivity index (χ3v) is 5.22. The molecule has 154 valence electrons. The minimum atomic E-state index is -3.64. The second-order valence-corrected chi connectivity index (χ2v) is 9.10. The molecule has 12 heteroatoms. The van der Waals surface area contributed by atoms with Crippen LogP contribution in [0, 0.1) is 5.82 Å². The van der Waals surface area contributed by atoms with E-state index in [1.54, 1.807) is 12.3 Å². The molecule has 0 aliphatic carbocycles. The molecule has 3 aromatic heterocycles. The molecule has 3 N–H and O–H groups in total. The Labute approximate surface area is 170 Å². The maximum absolute atomic E-state index is 14.4. The van der Waals surface area contributed by atoms with Crippen LogP contribution in [0.4, 0.5) is 10.2 Å². The summed E-state index contributed by atoms with van der Waals surface area (Å²) in [5.74, 6) is -0.220. The highest BCUT2D eigenvalue weighted by atomic mass is 35.5. The maximum atomic E-state index is 14.4. The van der Waals surface area contributed by atoms with Crippen LogP contribution in [0.2, 0.25) is 5.02 Å². The first kappa shape index (κ1) is 20.2. The SMILES string of the molecule is CP(=O)(O)ON1CCC[C@H](Nc2nc(-c3c[nH]c4ncc(Cl)cc34)ncc2F)C1. The van der Waals surface area contributed by atoms with Gasteiger partial charge in [-0.05, 0) is 18.9 Å². The zero-order valence-corrected chi connectivity index (χ0v) is 17.1. The van der Waals surface area contributed by atoms with E-state index in [-0.39, 0.29) is 11.9 Å². The molecular weight excluding hydrogens is 422 g/mol. The van der Waals surface area contributed by atoms with E-state index in [4.69, 9.17) is 16.2 Å². The Bertz CT molecular complexity index is 1090. The van der Waals surface area contributed by atoms with Crippen molar-refractivity contribution >= 4 is 36.0 Å². The molecule has 1 fully saturated rings. The number of pyridine rings is 1. The second-order valence-electron chi connectivity index (χ2n) is 6.90. The average molecular weight is 441 g/mol. The number of piperidine rings is 1. The number of nitrogens with zero attached hydrogens (tertiary/aromatic N) is 4. The zero-order valence-electron chi connectivity index (χ0n) is 15.5. The van der Waals surface area contributed by atoms with Crippen LogP contribution in [-0.2, 0) is 9.19 Å². The van der Waals surface area contributed by atoms with Crippen molar-refractivity contribution in [3.63, 3.8) is 0 Å². The number of hydroxylamine groups is 2. The Hall–Kier alpha value is -2.10.